The summed E-state index contributed by atoms with van der Waals surface area (Å²) in [5.74, 6) is -0.467. The standard InChI is InChI=1S/C19H17F6NO2/c1-12(2)26(16(27)13-6-4-3-5-7-13)15-10-8-14(9-11-15)17(28,18(20,21)22)19(23,24)25/h3-12,28H,1-2H3. The molecule has 2 aromatic rings. The van der Waals surface area contributed by atoms with E-state index in [0.29, 0.717) is 17.7 Å². The zero-order valence-corrected chi connectivity index (χ0v) is 14.8. The minimum atomic E-state index is -5.97. The Morgan fingerprint density at radius 1 is 0.857 bits per heavy atom. The average molecular weight is 405 g/mol. The molecule has 1 amide bonds. The van der Waals surface area contributed by atoms with Crippen molar-refractivity contribution in [2.24, 2.45) is 0 Å². The molecule has 0 aliphatic rings. The lowest BCUT2D eigenvalue weighted by molar-refractivity contribution is -0.376. The Morgan fingerprint density at radius 3 is 1.71 bits per heavy atom. The van der Waals surface area contributed by atoms with E-state index in [1.165, 1.54) is 17.0 Å². The topological polar surface area (TPSA) is 40.5 Å². The van der Waals surface area contributed by atoms with Crippen LogP contribution in [0.5, 0.6) is 0 Å². The first-order valence-electron chi connectivity index (χ1n) is 8.15. The average Bonchev–Trinajstić information content (AvgIpc) is 2.60. The molecule has 2 rings (SSSR count). The molecular formula is C19H17F6NO2. The molecule has 0 radical (unpaired) electrons. The largest absolute Gasteiger partial charge is 0.430 e. The molecule has 0 unspecified atom stereocenters. The van der Waals surface area contributed by atoms with Crippen molar-refractivity contribution in [1.29, 1.82) is 0 Å². The Labute approximate surface area is 157 Å². The number of hydrogen-bond donors (Lipinski definition) is 1. The number of aliphatic hydroxyl groups is 1. The van der Waals surface area contributed by atoms with Gasteiger partial charge in [0, 0.05) is 22.9 Å². The highest BCUT2D eigenvalue weighted by molar-refractivity contribution is 6.06. The van der Waals surface area contributed by atoms with Crippen LogP contribution < -0.4 is 4.90 Å². The molecule has 0 saturated heterocycles. The Balaban J connectivity index is 2.47. The second-order valence-corrected chi connectivity index (χ2v) is 6.39. The molecule has 0 aliphatic heterocycles. The summed E-state index contributed by atoms with van der Waals surface area (Å²) in [6.45, 7) is 3.30. The smallest absolute Gasteiger partial charge is 0.369 e. The number of anilines is 1. The fourth-order valence-corrected chi connectivity index (χ4v) is 2.72. The van der Waals surface area contributed by atoms with Gasteiger partial charge in [0.05, 0.1) is 0 Å². The molecule has 152 valence electrons. The van der Waals surface area contributed by atoms with Gasteiger partial charge in [-0.25, -0.2) is 0 Å². The number of nitrogens with zero attached hydrogens (tertiary/aromatic N) is 1. The van der Waals surface area contributed by atoms with Crippen LogP contribution in [-0.2, 0) is 5.60 Å². The summed E-state index contributed by atoms with van der Waals surface area (Å²) in [4.78, 5) is 13.9. The highest BCUT2D eigenvalue weighted by Gasteiger charge is 2.71. The van der Waals surface area contributed by atoms with E-state index in [2.05, 4.69) is 0 Å². The Kier molecular flexibility index (Phi) is 5.79. The van der Waals surface area contributed by atoms with Crippen molar-refractivity contribution in [3.63, 3.8) is 0 Å². The predicted octanol–water partition coefficient (Wildman–Crippen LogP) is 5.05. The van der Waals surface area contributed by atoms with Crippen molar-refractivity contribution >= 4 is 11.6 Å². The minimum absolute atomic E-state index is 0.0966. The Morgan fingerprint density at radius 2 is 1.32 bits per heavy atom. The Bertz CT molecular complexity index is 799. The molecule has 0 atom stereocenters. The Hall–Kier alpha value is -2.55. The molecule has 0 spiro atoms. The number of amides is 1. The predicted molar refractivity (Wildman–Crippen MR) is 90.8 cm³/mol. The van der Waals surface area contributed by atoms with E-state index < -0.39 is 35.5 Å². The highest BCUT2D eigenvalue weighted by Crippen LogP contribution is 2.50. The second kappa shape index (κ2) is 7.46. The molecule has 0 aliphatic carbocycles. The van der Waals surface area contributed by atoms with E-state index in [1.807, 2.05) is 0 Å². The van der Waals surface area contributed by atoms with Gasteiger partial charge in [-0.15, -0.1) is 0 Å². The van der Waals surface area contributed by atoms with Crippen LogP contribution in [-0.4, -0.2) is 29.4 Å². The van der Waals surface area contributed by atoms with Crippen LogP contribution in [0.1, 0.15) is 29.8 Å². The SMILES string of the molecule is CC(C)N(C(=O)c1ccccc1)c1ccc(C(O)(C(F)(F)F)C(F)(F)F)cc1. The van der Waals surface area contributed by atoms with E-state index in [9.17, 15) is 36.2 Å². The van der Waals surface area contributed by atoms with E-state index in [1.54, 1.807) is 32.0 Å². The van der Waals surface area contributed by atoms with Crippen LogP contribution in [0.25, 0.3) is 0 Å². The summed E-state index contributed by atoms with van der Waals surface area (Å²) in [7, 11) is 0. The molecule has 0 aromatic heterocycles. The lowest BCUT2D eigenvalue weighted by atomic mass is 9.92. The van der Waals surface area contributed by atoms with Gasteiger partial charge in [0.15, 0.2) is 0 Å². The number of carbonyl (C=O) groups is 1. The first kappa shape index (κ1) is 21.7. The van der Waals surface area contributed by atoms with Gasteiger partial charge in [-0.1, -0.05) is 30.3 Å². The van der Waals surface area contributed by atoms with Crippen molar-refractivity contribution < 1.29 is 36.2 Å². The number of halogens is 6. The molecule has 1 N–H and O–H groups in total. The summed E-state index contributed by atoms with van der Waals surface area (Å²) < 4.78 is 77.9. The van der Waals surface area contributed by atoms with Gasteiger partial charge < -0.3 is 10.0 Å². The van der Waals surface area contributed by atoms with Gasteiger partial charge in [-0.05, 0) is 38.1 Å². The first-order chi connectivity index (χ1) is 12.8. The van der Waals surface area contributed by atoms with Gasteiger partial charge in [0.2, 0.25) is 0 Å². The third kappa shape index (κ3) is 3.84. The molecule has 0 saturated carbocycles. The quantitative estimate of drug-likeness (QED) is 0.723. The van der Waals surface area contributed by atoms with Crippen molar-refractivity contribution in [2.45, 2.75) is 37.8 Å². The van der Waals surface area contributed by atoms with Crippen molar-refractivity contribution in [3.8, 4) is 0 Å². The van der Waals surface area contributed by atoms with E-state index in [-0.39, 0.29) is 5.69 Å². The third-order valence-electron chi connectivity index (χ3n) is 4.14. The van der Waals surface area contributed by atoms with Gasteiger partial charge in [-0.3, -0.25) is 4.79 Å². The molecule has 0 bridgehead atoms. The number of hydrogen-bond acceptors (Lipinski definition) is 2. The zero-order valence-electron chi connectivity index (χ0n) is 14.8. The maximum atomic E-state index is 13.0. The zero-order chi connectivity index (χ0) is 21.3. The summed E-state index contributed by atoms with van der Waals surface area (Å²) in [6, 6.07) is 10.5. The molecular weight excluding hydrogens is 388 g/mol. The van der Waals surface area contributed by atoms with Crippen molar-refractivity contribution in [1.82, 2.24) is 0 Å². The normalized spacial score (nSPS) is 12.9. The van der Waals surface area contributed by atoms with Gasteiger partial charge in [-0.2, -0.15) is 26.3 Å². The molecule has 0 fully saturated rings. The van der Waals surface area contributed by atoms with Crippen LogP contribution in [0, 0.1) is 0 Å². The summed E-state index contributed by atoms with van der Waals surface area (Å²) >= 11 is 0. The van der Waals surface area contributed by atoms with Crippen LogP contribution in [0.2, 0.25) is 0 Å². The molecule has 28 heavy (non-hydrogen) atoms. The molecule has 2 aromatic carbocycles. The second-order valence-electron chi connectivity index (χ2n) is 6.39. The monoisotopic (exact) mass is 405 g/mol. The number of rotatable bonds is 4. The fourth-order valence-electron chi connectivity index (χ4n) is 2.72. The number of carbonyl (C=O) groups excluding carboxylic acids is 1. The van der Waals surface area contributed by atoms with E-state index in [4.69, 9.17) is 0 Å². The third-order valence-corrected chi connectivity index (χ3v) is 4.14. The fraction of sp³-hybridized carbons (Fsp3) is 0.316. The summed E-state index contributed by atoms with van der Waals surface area (Å²) in [5, 5.41) is 9.45. The van der Waals surface area contributed by atoms with Crippen molar-refractivity contribution in [3.05, 3.63) is 65.7 Å². The maximum Gasteiger partial charge on any atom is 0.430 e. The summed E-state index contributed by atoms with van der Waals surface area (Å²) in [6.07, 6.45) is -11.9. The molecule has 9 heteroatoms. The van der Waals surface area contributed by atoms with Crippen LogP contribution in [0.15, 0.2) is 54.6 Å². The minimum Gasteiger partial charge on any atom is -0.369 e. The van der Waals surface area contributed by atoms with Crippen LogP contribution in [0.3, 0.4) is 0 Å². The maximum absolute atomic E-state index is 13.0. The van der Waals surface area contributed by atoms with Gasteiger partial charge >= 0.3 is 12.4 Å². The lowest BCUT2D eigenvalue weighted by Gasteiger charge is -2.33. The van der Waals surface area contributed by atoms with Gasteiger partial charge in [0.25, 0.3) is 11.5 Å². The molecule has 3 nitrogen and oxygen atoms in total. The number of alkyl halides is 6. The van der Waals surface area contributed by atoms with Gasteiger partial charge in [0.1, 0.15) is 0 Å². The highest BCUT2D eigenvalue weighted by atomic mass is 19.4. The summed E-state index contributed by atoms with van der Waals surface area (Å²) in [5.41, 5.74) is -5.99. The van der Waals surface area contributed by atoms with Crippen LogP contribution in [0.4, 0.5) is 32.0 Å². The van der Waals surface area contributed by atoms with Crippen molar-refractivity contribution in [2.75, 3.05) is 4.90 Å². The molecule has 0 heterocycles. The first-order valence-corrected chi connectivity index (χ1v) is 8.15. The van der Waals surface area contributed by atoms with Crippen LogP contribution >= 0.6 is 0 Å². The lowest BCUT2D eigenvalue weighted by Crippen LogP contribution is -2.53. The number of benzene rings is 2. The van der Waals surface area contributed by atoms with E-state index in [0.717, 1.165) is 12.1 Å². The van der Waals surface area contributed by atoms with E-state index >= 15 is 0 Å².